The van der Waals surface area contributed by atoms with Crippen LogP contribution in [0.15, 0.2) is 36.0 Å². The molecule has 146 valence electrons. The highest BCUT2D eigenvalue weighted by Gasteiger charge is 2.68. The van der Waals surface area contributed by atoms with Crippen LogP contribution in [0.1, 0.15) is 20.8 Å². The van der Waals surface area contributed by atoms with E-state index in [-0.39, 0.29) is 17.3 Å². The second kappa shape index (κ2) is 6.73. The number of epoxide rings is 1. The van der Waals surface area contributed by atoms with Gasteiger partial charge in [-0.05, 0) is 19.4 Å². The van der Waals surface area contributed by atoms with Crippen molar-refractivity contribution in [2.75, 3.05) is 6.61 Å². The number of allylic oxidation sites excluding steroid dienone is 1. The molecule has 2 aliphatic heterocycles. The lowest BCUT2D eigenvalue weighted by Crippen LogP contribution is -2.63. The van der Waals surface area contributed by atoms with Crippen LogP contribution in [-0.2, 0) is 28.6 Å². The molecule has 0 amide bonds. The summed E-state index contributed by atoms with van der Waals surface area (Å²) in [6.45, 7) is 13.0. The summed E-state index contributed by atoms with van der Waals surface area (Å²) in [5.74, 6) is -2.79. The summed E-state index contributed by atoms with van der Waals surface area (Å²) in [7, 11) is 0. The number of hydrogen-bond acceptors (Lipinski definition) is 7. The van der Waals surface area contributed by atoms with E-state index < -0.39 is 47.5 Å². The lowest BCUT2D eigenvalue weighted by Gasteiger charge is -2.52. The molecule has 2 saturated heterocycles. The Balaban J connectivity index is 2.11. The van der Waals surface area contributed by atoms with E-state index >= 15 is 0 Å². The molecule has 1 saturated carbocycles. The third-order valence-electron chi connectivity index (χ3n) is 6.12. The Morgan fingerprint density at radius 2 is 2.07 bits per heavy atom. The number of carbonyl (C=O) groups is 3. The third-order valence-corrected chi connectivity index (χ3v) is 6.12. The quantitative estimate of drug-likeness (QED) is 0.332. The molecule has 0 unspecified atom stereocenters. The molecule has 3 aliphatic rings. The molecular weight excluding hydrogens is 352 g/mol. The number of aldehydes is 1. The van der Waals surface area contributed by atoms with Crippen molar-refractivity contribution in [2.45, 2.75) is 45.2 Å². The number of rotatable bonds is 5. The summed E-state index contributed by atoms with van der Waals surface area (Å²) in [5, 5.41) is 11.0. The predicted octanol–water partition coefficient (Wildman–Crippen LogP) is 1.11. The van der Waals surface area contributed by atoms with Crippen molar-refractivity contribution < 1.29 is 33.7 Å². The zero-order valence-electron chi connectivity index (χ0n) is 15.6. The number of carbonyl (C=O) groups excluding carboxylic acids is 3. The fourth-order valence-corrected chi connectivity index (χ4v) is 4.37. The molecule has 7 nitrogen and oxygen atoms in total. The van der Waals surface area contributed by atoms with Gasteiger partial charge in [0, 0.05) is 22.5 Å². The topological polar surface area (TPSA) is 102 Å². The highest BCUT2D eigenvalue weighted by Crippen LogP contribution is 2.57. The Hall–Kier alpha value is -2.25. The van der Waals surface area contributed by atoms with Crippen molar-refractivity contribution in [3.8, 4) is 0 Å². The van der Waals surface area contributed by atoms with Gasteiger partial charge in [0.25, 0.3) is 0 Å². The summed E-state index contributed by atoms with van der Waals surface area (Å²) in [5.41, 5.74) is -0.355. The van der Waals surface area contributed by atoms with Gasteiger partial charge in [0.1, 0.15) is 18.5 Å². The molecule has 0 aromatic heterocycles. The average Bonchev–Trinajstić information content (AvgIpc) is 3.44. The number of ether oxygens (including phenoxy) is 3. The Labute approximate surface area is 157 Å². The fourth-order valence-electron chi connectivity index (χ4n) is 4.37. The maximum absolute atomic E-state index is 12.5. The summed E-state index contributed by atoms with van der Waals surface area (Å²) < 4.78 is 16.7. The summed E-state index contributed by atoms with van der Waals surface area (Å²) in [4.78, 5) is 36.2. The van der Waals surface area contributed by atoms with Crippen LogP contribution in [-0.4, -0.2) is 54.4 Å². The van der Waals surface area contributed by atoms with Gasteiger partial charge >= 0.3 is 11.9 Å². The number of hydrogen-bond donors (Lipinski definition) is 1. The Kier molecular flexibility index (Phi) is 4.86. The molecule has 0 radical (unpaired) electrons. The lowest BCUT2D eigenvalue weighted by atomic mass is 9.56. The van der Waals surface area contributed by atoms with E-state index in [1.165, 1.54) is 0 Å². The minimum Gasteiger partial charge on any atom is -0.454 e. The Morgan fingerprint density at radius 3 is 2.59 bits per heavy atom. The fraction of sp³-hybridized carbons (Fsp3) is 0.550. The van der Waals surface area contributed by atoms with Crippen molar-refractivity contribution in [1.29, 1.82) is 0 Å². The number of esters is 2. The van der Waals surface area contributed by atoms with Crippen molar-refractivity contribution in [3.63, 3.8) is 0 Å². The third kappa shape index (κ3) is 2.85. The molecule has 0 aromatic carbocycles. The van der Waals surface area contributed by atoms with Gasteiger partial charge in [-0.3, -0.25) is 4.79 Å². The summed E-state index contributed by atoms with van der Waals surface area (Å²) in [6.07, 6.45) is -1.15. The maximum atomic E-state index is 12.5. The zero-order chi connectivity index (χ0) is 20.1. The van der Waals surface area contributed by atoms with Gasteiger partial charge in [-0.25, -0.2) is 9.59 Å². The molecule has 3 rings (SSSR count). The molecule has 27 heavy (non-hydrogen) atoms. The van der Waals surface area contributed by atoms with Crippen LogP contribution in [0.2, 0.25) is 0 Å². The van der Waals surface area contributed by atoms with Crippen molar-refractivity contribution >= 4 is 18.2 Å². The standard InChI is InChI=1S/C20H24O7/c1-6-9(2)18(23)27-17-16-13(11(4)19(24)26-16)15(22)14(10(3)7-21)20(17,5)12-8-25-12/h6-7,12-17,22H,3-4,8H2,1-2,5H3/b9-6-/t12-,13-,14-,15-,16-,17-,20+/m1/s1. The molecule has 0 spiro atoms. The first kappa shape index (κ1) is 19.5. The molecule has 7 atom stereocenters. The molecule has 0 bridgehead atoms. The van der Waals surface area contributed by atoms with E-state index in [1.807, 2.05) is 0 Å². The summed E-state index contributed by atoms with van der Waals surface area (Å²) >= 11 is 0. The van der Waals surface area contributed by atoms with Crippen LogP contribution in [0.25, 0.3) is 0 Å². The highest BCUT2D eigenvalue weighted by atomic mass is 16.6. The normalized spacial score (nSPS) is 40.8. The van der Waals surface area contributed by atoms with E-state index in [2.05, 4.69) is 13.2 Å². The number of aliphatic hydroxyl groups is 1. The molecule has 1 N–H and O–H groups in total. The molecule has 1 aliphatic carbocycles. The Bertz CT molecular complexity index is 747. The molecule has 3 fully saturated rings. The minimum absolute atomic E-state index is 0.0961. The van der Waals surface area contributed by atoms with E-state index in [0.29, 0.717) is 18.5 Å². The smallest absolute Gasteiger partial charge is 0.334 e. The van der Waals surface area contributed by atoms with E-state index in [0.717, 1.165) is 0 Å². The lowest BCUT2D eigenvalue weighted by molar-refractivity contribution is -0.202. The largest absolute Gasteiger partial charge is 0.454 e. The van der Waals surface area contributed by atoms with Crippen LogP contribution >= 0.6 is 0 Å². The second-order valence-corrected chi connectivity index (χ2v) is 7.57. The molecule has 7 heteroatoms. The average molecular weight is 376 g/mol. The minimum atomic E-state index is -1.14. The predicted molar refractivity (Wildman–Crippen MR) is 94.4 cm³/mol. The van der Waals surface area contributed by atoms with Crippen LogP contribution in [0.4, 0.5) is 0 Å². The van der Waals surface area contributed by atoms with E-state index in [9.17, 15) is 19.5 Å². The molecule has 0 aromatic rings. The van der Waals surface area contributed by atoms with Crippen molar-refractivity contribution in [2.24, 2.45) is 17.3 Å². The van der Waals surface area contributed by atoms with Gasteiger partial charge in [0.2, 0.25) is 0 Å². The van der Waals surface area contributed by atoms with Gasteiger partial charge in [-0.1, -0.05) is 26.2 Å². The first-order chi connectivity index (χ1) is 12.7. The van der Waals surface area contributed by atoms with Crippen LogP contribution in [0, 0.1) is 17.3 Å². The molecular formula is C20H24O7. The van der Waals surface area contributed by atoms with Crippen LogP contribution < -0.4 is 0 Å². The van der Waals surface area contributed by atoms with Crippen molar-refractivity contribution in [3.05, 3.63) is 36.0 Å². The van der Waals surface area contributed by atoms with Gasteiger partial charge < -0.3 is 19.3 Å². The van der Waals surface area contributed by atoms with Gasteiger partial charge in [0.05, 0.1) is 24.7 Å². The first-order valence-corrected chi connectivity index (χ1v) is 8.85. The second-order valence-electron chi connectivity index (χ2n) is 7.57. The highest BCUT2D eigenvalue weighted by molar-refractivity contribution is 5.92. The first-order valence-electron chi connectivity index (χ1n) is 8.85. The van der Waals surface area contributed by atoms with E-state index in [1.54, 1.807) is 26.8 Å². The van der Waals surface area contributed by atoms with Gasteiger partial charge in [0.15, 0.2) is 0 Å². The maximum Gasteiger partial charge on any atom is 0.334 e. The van der Waals surface area contributed by atoms with Crippen molar-refractivity contribution in [1.82, 2.24) is 0 Å². The monoisotopic (exact) mass is 376 g/mol. The van der Waals surface area contributed by atoms with Crippen LogP contribution in [0.3, 0.4) is 0 Å². The van der Waals surface area contributed by atoms with Crippen LogP contribution in [0.5, 0.6) is 0 Å². The molecule has 2 heterocycles. The van der Waals surface area contributed by atoms with Gasteiger partial charge in [-0.15, -0.1) is 0 Å². The number of fused-ring (bicyclic) bond motifs is 1. The summed E-state index contributed by atoms with van der Waals surface area (Å²) in [6, 6.07) is 0. The number of aliphatic hydroxyl groups excluding tert-OH is 1. The van der Waals surface area contributed by atoms with E-state index in [4.69, 9.17) is 14.2 Å². The Morgan fingerprint density at radius 1 is 1.44 bits per heavy atom. The SMILES string of the molecule is C=C1C(=O)O[C@@H]2[C@H]1[C@@H](O)[C@@H](C(=C)C=O)[C@](C)([C@H]1CO1)[C@@H]2OC(=O)/C(C)=C\C. The van der Waals surface area contributed by atoms with Gasteiger partial charge in [-0.2, -0.15) is 0 Å². The zero-order valence-corrected chi connectivity index (χ0v) is 15.6.